The zero-order valence-corrected chi connectivity index (χ0v) is 12.7. The molecule has 1 aromatic carbocycles. The predicted octanol–water partition coefficient (Wildman–Crippen LogP) is 4.95. The number of hydrogen-bond acceptors (Lipinski definition) is 1. The minimum Gasteiger partial charge on any atom is -0.373 e. The van der Waals surface area contributed by atoms with E-state index in [1.54, 1.807) is 0 Å². The summed E-state index contributed by atoms with van der Waals surface area (Å²) in [6.07, 6.45) is 0.454. The highest BCUT2D eigenvalue weighted by atomic mass is 16.5. The highest BCUT2D eigenvalue weighted by Crippen LogP contribution is 2.54. The zero-order chi connectivity index (χ0) is 17.0. The molecule has 0 fully saturated rings. The number of fused-ring (bicyclic) bond motifs is 3. The topological polar surface area (TPSA) is 25.0 Å². The maximum atomic E-state index is 8.14. The van der Waals surface area contributed by atoms with Gasteiger partial charge >= 0.3 is 0 Å². The maximum Gasteiger partial charge on any atom is 0.0899 e. The van der Waals surface area contributed by atoms with Gasteiger partial charge in [-0.05, 0) is 24.8 Å². The SMILES string of the molecule is [2H]C([2H])([2H])[C@]1(C)CC(C)(C)[C@@H](OCC)c2c1[nH]c1ccccc21. The molecule has 2 atom stereocenters. The molecule has 0 amide bonds. The molecule has 1 aromatic heterocycles. The summed E-state index contributed by atoms with van der Waals surface area (Å²) in [4.78, 5) is 3.40. The van der Waals surface area contributed by atoms with E-state index in [0.29, 0.717) is 13.0 Å². The molecule has 0 saturated heterocycles. The number of hydrogen-bond donors (Lipinski definition) is 1. The molecule has 0 unspecified atom stereocenters. The van der Waals surface area contributed by atoms with Gasteiger partial charge in [0.1, 0.15) is 0 Å². The number of nitrogens with one attached hydrogen (secondary N) is 1. The molecule has 0 saturated carbocycles. The molecular weight excluding hydrogens is 246 g/mol. The molecule has 20 heavy (non-hydrogen) atoms. The van der Waals surface area contributed by atoms with Crippen LogP contribution in [0.25, 0.3) is 10.9 Å². The van der Waals surface area contributed by atoms with Gasteiger partial charge in [0.25, 0.3) is 0 Å². The van der Waals surface area contributed by atoms with Crippen molar-refractivity contribution in [2.24, 2.45) is 5.41 Å². The van der Waals surface area contributed by atoms with Gasteiger partial charge in [-0.3, -0.25) is 0 Å². The van der Waals surface area contributed by atoms with Crippen LogP contribution in [-0.4, -0.2) is 11.6 Å². The van der Waals surface area contributed by atoms with Crippen LogP contribution in [0.2, 0.25) is 0 Å². The highest BCUT2D eigenvalue weighted by Gasteiger charge is 2.46. The summed E-state index contributed by atoms with van der Waals surface area (Å²) in [7, 11) is 0. The Bertz CT molecular complexity index is 731. The molecule has 0 spiro atoms. The number of rotatable bonds is 2. The van der Waals surface area contributed by atoms with E-state index in [1.807, 2.05) is 32.0 Å². The number of H-pyrrole nitrogens is 1. The Labute approximate surface area is 125 Å². The Kier molecular flexibility index (Phi) is 2.28. The molecule has 1 aliphatic carbocycles. The van der Waals surface area contributed by atoms with Crippen LogP contribution in [0.3, 0.4) is 0 Å². The van der Waals surface area contributed by atoms with Crippen LogP contribution in [-0.2, 0) is 10.2 Å². The van der Waals surface area contributed by atoms with Gasteiger partial charge in [-0.15, -0.1) is 0 Å². The summed E-state index contributed by atoms with van der Waals surface area (Å²) in [6.45, 7) is 6.61. The third kappa shape index (κ3) is 1.89. The van der Waals surface area contributed by atoms with Gasteiger partial charge < -0.3 is 9.72 Å². The number of benzene rings is 1. The van der Waals surface area contributed by atoms with Crippen molar-refractivity contribution in [2.45, 2.75) is 52.5 Å². The van der Waals surface area contributed by atoms with Gasteiger partial charge in [0.2, 0.25) is 0 Å². The normalized spacial score (nSPS) is 31.4. The minimum absolute atomic E-state index is 0.103. The van der Waals surface area contributed by atoms with Crippen LogP contribution in [0.5, 0.6) is 0 Å². The number of aromatic nitrogens is 1. The van der Waals surface area contributed by atoms with Crippen molar-refractivity contribution in [3.63, 3.8) is 0 Å². The van der Waals surface area contributed by atoms with Gasteiger partial charge in [-0.25, -0.2) is 0 Å². The van der Waals surface area contributed by atoms with E-state index in [-0.39, 0.29) is 11.5 Å². The molecule has 1 aliphatic rings. The molecule has 0 bridgehead atoms. The van der Waals surface area contributed by atoms with Crippen LogP contribution < -0.4 is 0 Å². The molecule has 1 heterocycles. The van der Waals surface area contributed by atoms with E-state index in [2.05, 4.69) is 24.9 Å². The van der Waals surface area contributed by atoms with Crippen molar-refractivity contribution >= 4 is 10.9 Å². The first-order valence-corrected chi connectivity index (χ1v) is 7.34. The Morgan fingerprint density at radius 2 is 2.10 bits per heavy atom. The second-order valence-electron chi connectivity index (χ2n) is 6.79. The fourth-order valence-corrected chi connectivity index (χ4v) is 3.83. The lowest BCUT2D eigenvalue weighted by Gasteiger charge is -2.46. The average Bonchev–Trinajstić information content (AvgIpc) is 2.82. The maximum absolute atomic E-state index is 8.14. The van der Waals surface area contributed by atoms with Crippen molar-refractivity contribution in [1.82, 2.24) is 4.98 Å². The second kappa shape index (κ2) is 4.36. The Morgan fingerprint density at radius 3 is 2.80 bits per heavy atom. The van der Waals surface area contributed by atoms with E-state index < -0.39 is 12.3 Å². The first-order chi connectivity index (χ1) is 10.6. The quantitative estimate of drug-likeness (QED) is 0.823. The molecule has 0 radical (unpaired) electrons. The van der Waals surface area contributed by atoms with E-state index in [1.165, 1.54) is 0 Å². The lowest BCUT2D eigenvalue weighted by atomic mass is 9.63. The first kappa shape index (κ1) is 10.4. The fourth-order valence-electron chi connectivity index (χ4n) is 3.83. The first-order valence-electron chi connectivity index (χ1n) is 8.84. The standard InChI is InChI=1S/C18H25NO/c1-6-20-16-14-12-9-7-8-10-13(12)19-15(14)17(2,3)11-18(16,4)5/h7-10,16,19H,6,11H2,1-5H3/t16-/m0/s1/i2D3/t16-,17-. The molecule has 3 rings (SSSR count). The lowest BCUT2D eigenvalue weighted by molar-refractivity contribution is -0.0440. The van der Waals surface area contributed by atoms with Crippen molar-refractivity contribution < 1.29 is 8.85 Å². The third-order valence-electron chi connectivity index (χ3n) is 4.41. The summed E-state index contributed by atoms with van der Waals surface area (Å²) in [5.41, 5.74) is 1.67. The molecule has 0 aliphatic heterocycles. The molecule has 2 heteroatoms. The smallest absolute Gasteiger partial charge is 0.0899 e. The van der Waals surface area contributed by atoms with E-state index >= 15 is 0 Å². The van der Waals surface area contributed by atoms with Crippen LogP contribution in [0, 0.1) is 5.41 Å². The zero-order valence-electron chi connectivity index (χ0n) is 15.7. The molecule has 2 aromatic rings. The van der Waals surface area contributed by atoms with E-state index in [4.69, 9.17) is 8.85 Å². The van der Waals surface area contributed by atoms with E-state index in [0.717, 1.165) is 22.2 Å². The number of ether oxygens (including phenoxy) is 1. The minimum atomic E-state index is -2.07. The van der Waals surface area contributed by atoms with Gasteiger partial charge in [0, 0.05) is 38.3 Å². The summed E-state index contributed by atoms with van der Waals surface area (Å²) < 4.78 is 30.5. The third-order valence-corrected chi connectivity index (χ3v) is 4.41. The average molecular weight is 274 g/mol. The van der Waals surface area contributed by atoms with Crippen LogP contribution >= 0.6 is 0 Å². The van der Waals surface area contributed by atoms with Crippen molar-refractivity contribution in [2.75, 3.05) is 6.61 Å². The number of para-hydroxylation sites is 1. The fraction of sp³-hybridized carbons (Fsp3) is 0.556. The largest absolute Gasteiger partial charge is 0.373 e. The summed E-state index contributed by atoms with van der Waals surface area (Å²) >= 11 is 0. The van der Waals surface area contributed by atoms with Crippen LogP contribution in [0.1, 0.15) is 62.4 Å². The molecule has 2 nitrogen and oxygen atoms in total. The van der Waals surface area contributed by atoms with Crippen molar-refractivity contribution in [3.8, 4) is 0 Å². The van der Waals surface area contributed by atoms with Crippen molar-refractivity contribution in [3.05, 3.63) is 35.5 Å². The molecule has 108 valence electrons. The predicted molar refractivity (Wildman–Crippen MR) is 84.1 cm³/mol. The molecular formula is C18H25NO. The van der Waals surface area contributed by atoms with Crippen LogP contribution in [0.15, 0.2) is 24.3 Å². The van der Waals surface area contributed by atoms with Gasteiger partial charge in [0.05, 0.1) is 6.10 Å². The summed E-state index contributed by atoms with van der Waals surface area (Å²) in [5, 5.41) is 1.07. The summed E-state index contributed by atoms with van der Waals surface area (Å²) in [5.74, 6) is 0. The Balaban J connectivity index is 2.35. The van der Waals surface area contributed by atoms with E-state index in [9.17, 15) is 0 Å². The lowest BCUT2D eigenvalue weighted by Crippen LogP contribution is -2.39. The number of aromatic amines is 1. The second-order valence-corrected chi connectivity index (χ2v) is 6.79. The summed E-state index contributed by atoms with van der Waals surface area (Å²) in [6, 6.07) is 8.02. The van der Waals surface area contributed by atoms with Gasteiger partial charge in [-0.2, -0.15) is 0 Å². The highest BCUT2D eigenvalue weighted by molar-refractivity contribution is 5.86. The molecule has 1 N–H and O–H groups in total. The van der Waals surface area contributed by atoms with Crippen molar-refractivity contribution in [1.29, 1.82) is 0 Å². The Morgan fingerprint density at radius 1 is 1.35 bits per heavy atom. The Hall–Kier alpha value is -1.28. The van der Waals surface area contributed by atoms with Crippen LogP contribution in [0.4, 0.5) is 0 Å². The van der Waals surface area contributed by atoms with Gasteiger partial charge in [0.15, 0.2) is 0 Å². The monoisotopic (exact) mass is 274 g/mol. The van der Waals surface area contributed by atoms with Gasteiger partial charge in [-0.1, -0.05) is 45.8 Å².